The van der Waals surface area contributed by atoms with E-state index in [1.54, 1.807) is 18.2 Å². The van der Waals surface area contributed by atoms with Gasteiger partial charge in [-0.2, -0.15) is 0 Å². The second-order valence-corrected chi connectivity index (χ2v) is 7.76. The van der Waals surface area contributed by atoms with Crippen LogP contribution < -0.4 is 9.47 Å². The van der Waals surface area contributed by atoms with Crippen LogP contribution in [0.15, 0.2) is 47.4 Å². The van der Waals surface area contributed by atoms with Crippen LogP contribution in [0.5, 0.6) is 11.5 Å². The molecule has 0 aromatic heterocycles. The molecular formula is C22H22ClNO5S. The van der Waals surface area contributed by atoms with Crippen LogP contribution in [0.3, 0.4) is 0 Å². The molecule has 2 amide bonds. The number of ether oxygens (including phenoxy) is 3. The van der Waals surface area contributed by atoms with Gasteiger partial charge in [0.15, 0.2) is 11.5 Å². The van der Waals surface area contributed by atoms with Gasteiger partial charge in [0.1, 0.15) is 6.61 Å². The lowest BCUT2D eigenvalue weighted by molar-refractivity contribution is -0.123. The number of methoxy groups -OCH3 is 1. The molecule has 2 aromatic rings. The van der Waals surface area contributed by atoms with Crippen LogP contribution in [0.4, 0.5) is 4.79 Å². The second kappa shape index (κ2) is 10.5. The minimum absolute atomic E-state index is 0.218. The van der Waals surface area contributed by atoms with Gasteiger partial charge in [-0.05, 0) is 48.0 Å². The van der Waals surface area contributed by atoms with Crippen molar-refractivity contribution in [1.82, 2.24) is 4.90 Å². The number of halogens is 1. The highest BCUT2D eigenvalue weighted by atomic mass is 35.5. The number of imide groups is 1. The zero-order valence-electron chi connectivity index (χ0n) is 16.7. The number of amides is 2. The van der Waals surface area contributed by atoms with Crippen LogP contribution in [-0.2, 0) is 16.1 Å². The fourth-order valence-electron chi connectivity index (χ4n) is 2.83. The Morgan fingerprint density at radius 1 is 1.13 bits per heavy atom. The van der Waals surface area contributed by atoms with Gasteiger partial charge in [0, 0.05) is 7.11 Å². The van der Waals surface area contributed by atoms with Gasteiger partial charge in [0.05, 0.1) is 29.7 Å². The van der Waals surface area contributed by atoms with Gasteiger partial charge < -0.3 is 14.2 Å². The lowest BCUT2D eigenvalue weighted by atomic mass is 10.1. The molecule has 2 aromatic carbocycles. The molecule has 1 aliphatic heterocycles. The summed E-state index contributed by atoms with van der Waals surface area (Å²) in [7, 11) is 1.52. The molecule has 8 heteroatoms. The third kappa shape index (κ3) is 5.36. The van der Waals surface area contributed by atoms with Crippen LogP contribution in [0.25, 0.3) is 6.08 Å². The summed E-state index contributed by atoms with van der Waals surface area (Å²) in [5, 5.41) is 0.0454. The number of hydrogen-bond acceptors (Lipinski definition) is 6. The van der Waals surface area contributed by atoms with Crippen molar-refractivity contribution < 1.29 is 23.8 Å². The quantitative estimate of drug-likeness (QED) is 0.504. The Balaban J connectivity index is 1.83. The third-order valence-corrected chi connectivity index (χ3v) is 5.44. The summed E-state index contributed by atoms with van der Waals surface area (Å²) in [6, 6.07) is 13.2. The Labute approximate surface area is 184 Å². The van der Waals surface area contributed by atoms with Gasteiger partial charge in [-0.3, -0.25) is 14.5 Å². The van der Waals surface area contributed by atoms with E-state index in [0.717, 1.165) is 17.3 Å². The molecule has 0 atom stereocenters. The SMILES string of the molecule is CCOc1cc(/C=C2/SC(=O)N(CCOC)C2=O)cc(Cl)c1OCc1ccccc1. The van der Waals surface area contributed by atoms with Gasteiger partial charge in [0.25, 0.3) is 11.1 Å². The van der Waals surface area contributed by atoms with Crippen molar-refractivity contribution in [3.8, 4) is 11.5 Å². The predicted octanol–water partition coefficient (Wildman–Crippen LogP) is 5.00. The maximum absolute atomic E-state index is 12.5. The van der Waals surface area contributed by atoms with E-state index in [0.29, 0.717) is 46.8 Å². The summed E-state index contributed by atoms with van der Waals surface area (Å²) in [5.41, 5.74) is 1.65. The van der Waals surface area contributed by atoms with Gasteiger partial charge in [0.2, 0.25) is 0 Å². The molecular weight excluding hydrogens is 426 g/mol. The van der Waals surface area contributed by atoms with E-state index in [9.17, 15) is 9.59 Å². The summed E-state index contributed by atoms with van der Waals surface area (Å²) in [4.78, 5) is 26.1. The Bertz CT molecular complexity index is 948. The van der Waals surface area contributed by atoms with Gasteiger partial charge in [-0.25, -0.2) is 0 Å². The molecule has 1 aliphatic rings. The van der Waals surface area contributed by atoms with Crippen molar-refractivity contribution in [1.29, 1.82) is 0 Å². The Morgan fingerprint density at radius 3 is 2.60 bits per heavy atom. The molecule has 0 N–H and O–H groups in total. The first-order valence-electron chi connectivity index (χ1n) is 9.40. The molecule has 1 saturated heterocycles. The third-order valence-electron chi connectivity index (χ3n) is 4.25. The van der Waals surface area contributed by atoms with E-state index in [4.69, 9.17) is 25.8 Å². The molecule has 1 fully saturated rings. The molecule has 0 aliphatic carbocycles. The molecule has 0 bridgehead atoms. The Hall–Kier alpha value is -2.48. The highest BCUT2D eigenvalue weighted by molar-refractivity contribution is 8.18. The normalized spacial score (nSPS) is 15.2. The molecule has 6 nitrogen and oxygen atoms in total. The van der Waals surface area contributed by atoms with Crippen LogP contribution >= 0.6 is 23.4 Å². The van der Waals surface area contributed by atoms with Crippen molar-refractivity contribution in [3.63, 3.8) is 0 Å². The molecule has 0 unspecified atom stereocenters. The number of benzene rings is 2. The largest absolute Gasteiger partial charge is 0.490 e. The standard InChI is InChI=1S/C22H22ClNO5S/c1-3-28-18-12-16(13-19-21(25)24(9-10-27-2)22(26)30-19)11-17(23)20(18)29-14-15-7-5-4-6-8-15/h4-8,11-13H,3,9-10,14H2,1-2H3/b19-13+. The maximum atomic E-state index is 12.5. The first kappa shape index (κ1) is 22.2. The maximum Gasteiger partial charge on any atom is 0.293 e. The number of rotatable bonds is 9. The Kier molecular flexibility index (Phi) is 7.79. The molecule has 30 heavy (non-hydrogen) atoms. The monoisotopic (exact) mass is 447 g/mol. The van der Waals surface area contributed by atoms with E-state index in [2.05, 4.69) is 0 Å². The van der Waals surface area contributed by atoms with Crippen molar-refractivity contribution in [2.45, 2.75) is 13.5 Å². The molecule has 0 radical (unpaired) electrons. The number of thioether (sulfide) groups is 1. The average molecular weight is 448 g/mol. The molecule has 158 valence electrons. The first-order chi connectivity index (χ1) is 14.5. The first-order valence-corrected chi connectivity index (χ1v) is 10.6. The van der Waals surface area contributed by atoms with Crippen LogP contribution in [0, 0.1) is 0 Å². The van der Waals surface area contributed by atoms with Gasteiger partial charge in [-0.1, -0.05) is 41.9 Å². The number of carbonyl (C=O) groups excluding carboxylic acids is 2. The fraction of sp³-hybridized carbons (Fsp3) is 0.273. The number of nitrogens with zero attached hydrogens (tertiary/aromatic N) is 1. The summed E-state index contributed by atoms with van der Waals surface area (Å²) in [6.45, 7) is 3.14. The minimum atomic E-state index is -0.347. The molecule has 0 spiro atoms. The van der Waals surface area contributed by atoms with E-state index in [1.165, 1.54) is 12.0 Å². The summed E-state index contributed by atoms with van der Waals surface area (Å²) < 4.78 is 16.6. The summed E-state index contributed by atoms with van der Waals surface area (Å²) >= 11 is 7.36. The van der Waals surface area contributed by atoms with Crippen LogP contribution in [0.1, 0.15) is 18.1 Å². The zero-order chi connectivity index (χ0) is 21.5. The van der Waals surface area contributed by atoms with E-state index in [1.807, 2.05) is 37.3 Å². The van der Waals surface area contributed by atoms with Gasteiger partial charge in [-0.15, -0.1) is 0 Å². The topological polar surface area (TPSA) is 65.1 Å². The smallest absolute Gasteiger partial charge is 0.293 e. The fourth-order valence-corrected chi connectivity index (χ4v) is 3.97. The van der Waals surface area contributed by atoms with Crippen LogP contribution in [-0.4, -0.2) is 42.9 Å². The van der Waals surface area contributed by atoms with Crippen molar-refractivity contribution >= 4 is 40.6 Å². The zero-order valence-corrected chi connectivity index (χ0v) is 18.3. The van der Waals surface area contributed by atoms with E-state index in [-0.39, 0.29) is 17.7 Å². The highest BCUT2D eigenvalue weighted by Gasteiger charge is 2.34. The molecule has 3 rings (SSSR count). The lowest BCUT2D eigenvalue weighted by Crippen LogP contribution is -2.31. The van der Waals surface area contributed by atoms with E-state index >= 15 is 0 Å². The summed E-state index contributed by atoms with van der Waals surface area (Å²) in [6.07, 6.45) is 1.63. The molecule has 1 heterocycles. The van der Waals surface area contributed by atoms with Crippen molar-refractivity contribution in [2.24, 2.45) is 0 Å². The highest BCUT2D eigenvalue weighted by Crippen LogP contribution is 2.39. The number of hydrogen-bond donors (Lipinski definition) is 0. The predicted molar refractivity (Wildman–Crippen MR) is 118 cm³/mol. The van der Waals surface area contributed by atoms with Gasteiger partial charge >= 0.3 is 0 Å². The van der Waals surface area contributed by atoms with Crippen molar-refractivity contribution in [3.05, 3.63) is 63.5 Å². The van der Waals surface area contributed by atoms with E-state index < -0.39 is 0 Å². The second-order valence-electron chi connectivity index (χ2n) is 6.36. The minimum Gasteiger partial charge on any atom is -0.490 e. The Morgan fingerprint density at radius 2 is 1.90 bits per heavy atom. The number of carbonyl (C=O) groups is 2. The lowest BCUT2D eigenvalue weighted by Gasteiger charge is -2.15. The average Bonchev–Trinajstić information content (AvgIpc) is 2.99. The summed E-state index contributed by atoms with van der Waals surface area (Å²) in [5.74, 6) is 0.569. The van der Waals surface area contributed by atoms with Crippen molar-refractivity contribution in [2.75, 3.05) is 26.9 Å². The van der Waals surface area contributed by atoms with Crippen LogP contribution in [0.2, 0.25) is 5.02 Å². The molecule has 0 saturated carbocycles.